The quantitative estimate of drug-likeness (QED) is 0.696. The van der Waals surface area contributed by atoms with Gasteiger partial charge in [-0.25, -0.2) is 0 Å². The van der Waals surface area contributed by atoms with Crippen LogP contribution in [0.2, 0.25) is 0 Å². The Morgan fingerprint density at radius 1 is 1.33 bits per heavy atom. The summed E-state index contributed by atoms with van der Waals surface area (Å²) < 4.78 is 10.9. The summed E-state index contributed by atoms with van der Waals surface area (Å²) in [6.45, 7) is 5.42. The maximum absolute atomic E-state index is 9.91. The summed E-state index contributed by atoms with van der Waals surface area (Å²) >= 11 is 0. The first-order valence-electron chi connectivity index (χ1n) is 7.24. The summed E-state index contributed by atoms with van der Waals surface area (Å²) in [6.07, 6.45) is -0.528. The number of rotatable bonds is 8. The van der Waals surface area contributed by atoms with Crippen molar-refractivity contribution in [1.82, 2.24) is 10.3 Å². The molecular weight excluding hydrogens is 268 g/mol. The van der Waals surface area contributed by atoms with Crippen molar-refractivity contribution in [3.63, 3.8) is 0 Å². The van der Waals surface area contributed by atoms with Gasteiger partial charge in [0.25, 0.3) is 0 Å². The zero-order valence-electron chi connectivity index (χ0n) is 12.8. The van der Waals surface area contributed by atoms with E-state index in [0.717, 1.165) is 22.3 Å². The highest BCUT2D eigenvalue weighted by atomic mass is 16.5. The van der Waals surface area contributed by atoms with Crippen LogP contribution in [0.25, 0.3) is 10.9 Å². The van der Waals surface area contributed by atoms with Crippen molar-refractivity contribution in [2.75, 3.05) is 20.3 Å². The van der Waals surface area contributed by atoms with Crippen LogP contribution in [0.15, 0.2) is 24.3 Å². The van der Waals surface area contributed by atoms with Crippen LogP contribution in [0.3, 0.4) is 0 Å². The number of hydrogen-bond donors (Lipinski definition) is 3. The molecule has 0 amide bonds. The van der Waals surface area contributed by atoms with E-state index >= 15 is 0 Å². The first kappa shape index (κ1) is 15.8. The number of benzene rings is 1. The molecule has 0 aliphatic heterocycles. The standard InChI is InChI=1S/C16H24N2O3/c1-11(2)17-8-13(19)10-21-16-6-4-5-15-14(16)7-12(18-15)9-20-3/h4-7,11,13,17-19H,8-10H2,1-3H3. The van der Waals surface area contributed by atoms with Gasteiger partial charge in [-0.1, -0.05) is 19.9 Å². The average Bonchev–Trinajstić information content (AvgIpc) is 2.86. The molecule has 0 radical (unpaired) electrons. The minimum absolute atomic E-state index is 0.267. The number of aromatic amines is 1. The number of aliphatic hydroxyl groups is 1. The summed E-state index contributed by atoms with van der Waals surface area (Å²) in [6, 6.07) is 8.22. The highest BCUT2D eigenvalue weighted by Crippen LogP contribution is 2.26. The number of aromatic nitrogens is 1. The molecule has 21 heavy (non-hydrogen) atoms. The summed E-state index contributed by atoms with van der Waals surface area (Å²) in [4.78, 5) is 3.28. The molecule has 1 unspecified atom stereocenters. The topological polar surface area (TPSA) is 66.5 Å². The maximum Gasteiger partial charge on any atom is 0.128 e. The minimum Gasteiger partial charge on any atom is -0.490 e. The molecule has 3 N–H and O–H groups in total. The van der Waals surface area contributed by atoms with Gasteiger partial charge in [0.1, 0.15) is 18.5 Å². The zero-order valence-corrected chi connectivity index (χ0v) is 12.8. The van der Waals surface area contributed by atoms with E-state index in [1.54, 1.807) is 7.11 Å². The number of aliphatic hydroxyl groups excluding tert-OH is 1. The molecule has 1 aromatic carbocycles. The van der Waals surface area contributed by atoms with Crippen molar-refractivity contribution in [1.29, 1.82) is 0 Å². The molecule has 116 valence electrons. The molecule has 1 atom stereocenters. The molecule has 5 heteroatoms. The van der Waals surface area contributed by atoms with Crippen LogP contribution < -0.4 is 10.1 Å². The molecule has 0 saturated carbocycles. The highest BCUT2D eigenvalue weighted by molar-refractivity contribution is 5.86. The maximum atomic E-state index is 9.91. The molecular formula is C16H24N2O3. The van der Waals surface area contributed by atoms with E-state index in [0.29, 0.717) is 19.2 Å². The predicted molar refractivity (Wildman–Crippen MR) is 83.7 cm³/mol. The van der Waals surface area contributed by atoms with Gasteiger partial charge < -0.3 is 24.9 Å². The Balaban J connectivity index is 2.01. The van der Waals surface area contributed by atoms with E-state index in [9.17, 15) is 5.11 Å². The smallest absolute Gasteiger partial charge is 0.128 e. The van der Waals surface area contributed by atoms with Gasteiger partial charge in [0.15, 0.2) is 0 Å². The Labute approximate surface area is 125 Å². The van der Waals surface area contributed by atoms with E-state index in [1.807, 2.05) is 38.1 Å². The van der Waals surface area contributed by atoms with Crippen LogP contribution in [-0.2, 0) is 11.3 Å². The summed E-state index contributed by atoms with van der Waals surface area (Å²) in [5.74, 6) is 0.773. The zero-order chi connectivity index (χ0) is 15.2. The second-order valence-corrected chi connectivity index (χ2v) is 5.47. The Morgan fingerprint density at radius 2 is 2.14 bits per heavy atom. The second kappa shape index (κ2) is 7.45. The van der Waals surface area contributed by atoms with Gasteiger partial charge in [0.05, 0.1) is 6.61 Å². The van der Waals surface area contributed by atoms with Crippen LogP contribution >= 0.6 is 0 Å². The van der Waals surface area contributed by atoms with Crippen LogP contribution in [0, 0.1) is 0 Å². The Kier molecular flexibility index (Phi) is 5.61. The lowest BCUT2D eigenvalue weighted by molar-refractivity contribution is 0.105. The Hall–Kier alpha value is -1.56. The molecule has 0 aliphatic rings. The lowest BCUT2D eigenvalue weighted by Gasteiger charge is -2.15. The lowest BCUT2D eigenvalue weighted by Crippen LogP contribution is -2.35. The Bertz CT molecular complexity index is 566. The summed E-state index contributed by atoms with van der Waals surface area (Å²) in [7, 11) is 1.67. The summed E-state index contributed by atoms with van der Waals surface area (Å²) in [5, 5.41) is 14.1. The van der Waals surface area contributed by atoms with Gasteiger partial charge in [-0.2, -0.15) is 0 Å². The molecule has 0 fully saturated rings. The molecule has 0 saturated heterocycles. The monoisotopic (exact) mass is 292 g/mol. The fourth-order valence-electron chi connectivity index (χ4n) is 2.16. The number of ether oxygens (including phenoxy) is 2. The normalized spacial score (nSPS) is 13.0. The van der Waals surface area contributed by atoms with Crippen LogP contribution in [0.5, 0.6) is 5.75 Å². The van der Waals surface area contributed by atoms with Crippen molar-refractivity contribution < 1.29 is 14.6 Å². The van der Waals surface area contributed by atoms with Crippen LogP contribution in [0.1, 0.15) is 19.5 Å². The van der Waals surface area contributed by atoms with E-state index < -0.39 is 6.10 Å². The van der Waals surface area contributed by atoms with Gasteiger partial charge >= 0.3 is 0 Å². The van der Waals surface area contributed by atoms with Crippen molar-refractivity contribution >= 4 is 10.9 Å². The number of nitrogens with one attached hydrogen (secondary N) is 2. The molecule has 0 bridgehead atoms. The first-order valence-corrected chi connectivity index (χ1v) is 7.24. The van der Waals surface area contributed by atoms with E-state index in [4.69, 9.17) is 9.47 Å². The molecule has 2 rings (SSSR count). The summed E-state index contributed by atoms with van der Waals surface area (Å²) in [5.41, 5.74) is 2.01. The van der Waals surface area contributed by atoms with Crippen molar-refractivity contribution in [3.05, 3.63) is 30.0 Å². The van der Waals surface area contributed by atoms with Crippen molar-refractivity contribution in [3.8, 4) is 5.75 Å². The lowest BCUT2D eigenvalue weighted by atomic mass is 10.2. The van der Waals surface area contributed by atoms with Crippen LogP contribution in [0.4, 0.5) is 0 Å². The van der Waals surface area contributed by atoms with Gasteiger partial charge in [-0.05, 0) is 18.2 Å². The molecule has 0 spiro atoms. The number of hydrogen-bond acceptors (Lipinski definition) is 4. The fourth-order valence-corrected chi connectivity index (χ4v) is 2.16. The third-order valence-corrected chi connectivity index (χ3v) is 3.17. The van der Waals surface area contributed by atoms with E-state index in [2.05, 4.69) is 10.3 Å². The third kappa shape index (κ3) is 4.46. The second-order valence-electron chi connectivity index (χ2n) is 5.47. The number of fused-ring (bicyclic) bond motifs is 1. The van der Waals surface area contributed by atoms with E-state index in [-0.39, 0.29) is 6.61 Å². The predicted octanol–water partition coefficient (Wildman–Crippen LogP) is 2.05. The molecule has 1 aromatic heterocycles. The molecule has 5 nitrogen and oxygen atoms in total. The average molecular weight is 292 g/mol. The molecule has 0 aliphatic carbocycles. The van der Waals surface area contributed by atoms with Crippen molar-refractivity contribution in [2.24, 2.45) is 0 Å². The Morgan fingerprint density at radius 3 is 2.86 bits per heavy atom. The highest BCUT2D eigenvalue weighted by Gasteiger charge is 2.09. The third-order valence-electron chi connectivity index (χ3n) is 3.17. The van der Waals surface area contributed by atoms with Crippen LogP contribution in [-0.4, -0.2) is 42.5 Å². The number of H-pyrrole nitrogens is 1. The van der Waals surface area contributed by atoms with Gasteiger partial charge in [0.2, 0.25) is 0 Å². The largest absolute Gasteiger partial charge is 0.490 e. The molecule has 2 aromatic rings. The van der Waals surface area contributed by atoms with Gasteiger partial charge in [-0.15, -0.1) is 0 Å². The van der Waals surface area contributed by atoms with Gasteiger partial charge in [-0.3, -0.25) is 0 Å². The fraction of sp³-hybridized carbons (Fsp3) is 0.500. The first-order chi connectivity index (χ1) is 10.1. The van der Waals surface area contributed by atoms with Crippen molar-refractivity contribution in [2.45, 2.75) is 32.6 Å². The minimum atomic E-state index is -0.528. The van der Waals surface area contributed by atoms with Gasteiger partial charge in [0, 0.05) is 36.3 Å². The molecule has 1 heterocycles. The SMILES string of the molecule is COCc1cc2c(OCC(O)CNC(C)C)cccc2[nH]1. The number of methoxy groups -OCH3 is 1. The van der Waals surface area contributed by atoms with E-state index in [1.165, 1.54) is 0 Å².